The molecule has 2 saturated heterocycles. The summed E-state index contributed by atoms with van der Waals surface area (Å²) in [6.07, 6.45) is 5.47. The highest BCUT2D eigenvalue weighted by atomic mass is 16.6. The molecular formula is C33H41N7O5. The van der Waals surface area contributed by atoms with Gasteiger partial charge in [-0.1, -0.05) is 48.7 Å². The molecule has 7 rings (SSSR count). The number of carbonyl (C=O) groups is 3. The highest BCUT2D eigenvalue weighted by Crippen LogP contribution is 2.43. The summed E-state index contributed by atoms with van der Waals surface area (Å²) in [6.45, 7) is 5.56. The highest BCUT2D eigenvalue weighted by molar-refractivity contribution is 5.89. The van der Waals surface area contributed by atoms with Gasteiger partial charge >= 0.3 is 12.2 Å². The number of likely N-dealkylation sites (tertiary alicyclic amines) is 1. The molecule has 0 bridgehead atoms. The van der Waals surface area contributed by atoms with Crippen LogP contribution in [0.15, 0.2) is 36.4 Å². The molecule has 12 heteroatoms. The number of fused-ring (bicyclic) bond motifs is 3. The molecule has 12 nitrogen and oxygen atoms in total. The van der Waals surface area contributed by atoms with E-state index in [9.17, 15) is 14.4 Å². The van der Waals surface area contributed by atoms with Gasteiger partial charge in [0.15, 0.2) is 6.10 Å². The summed E-state index contributed by atoms with van der Waals surface area (Å²) in [6, 6.07) is 12.1. The summed E-state index contributed by atoms with van der Waals surface area (Å²) >= 11 is 0. The zero-order valence-electron chi connectivity index (χ0n) is 25.8. The van der Waals surface area contributed by atoms with E-state index in [1.165, 1.54) is 32.1 Å². The zero-order chi connectivity index (χ0) is 31.0. The van der Waals surface area contributed by atoms with Crippen LogP contribution in [0.4, 0.5) is 15.3 Å². The van der Waals surface area contributed by atoms with Crippen molar-refractivity contribution in [1.82, 2.24) is 30.1 Å². The molecule has 3 amide bonds. The smallest absolute Gasteiger partial charge is 0.412 e. The average molecular weight is 616 g/mol. The van der Waals surface area contributed by atoms with Gasteiger partial charge in [0.2, 0.25) is 0 Å². The number of ether oxygens (including phenoxy) is 2. The Morgan fingerprint density at radius 2 is 1.78 bits per heavy atom. The number of hydrogen-bond acceptors (Lipinski definition) is 8. The number of nitrogens with zero attached hydrogens (tertiary/aromatic N) is 5. The Morgan fingerprint density at radius 1 is 1.02 bits per heavy atom. The molecule has 238 valence electrons. The minimum absolute atomic E-state index is 0.167. The number of rotatable bonds is 5. The maximum absolute atomic E-state index is 14.0. The number of benzene rings is 2. The van der Waals surface area contributed by atoms with Crippen molar-refractivity contribution in [2.24, 2.45) is 0 Å². The van der Waals surface area contributed by atoms with Crippen LogP contribution < -0.4 is 5.32 Å². The molecule has 0 radical (unpaired) electrons. The van der Waals surface area contributed by atoms with Gasteiger partial charge in [-0.05, 0) is 43.0 Å². The number of aromatic amines is 1. The minimum Gasteiger partial charge on any atom is -0.438 e. The fourth-order valence-corrected chi connectivity index (χ4v) is 7.64. The summed E-state index contributed by atoms with van der Waals surface area (Å²) < 4.78 is 11.9. The molecule has 3 fully saturated rings. The number of nitrogens with one attached hydrogen (secondary N) is 2. The summed E-state index contributed by atoms with van der Waals surface area (Å²) in [7, 11) is 0. The van der Waals surface area contributed by atoms with Crippen molar-refractivity contribution in [3.8, 4) is 0 Å². The van der Waals surface area contributed by atoms with E-state index < -0.39 is 23.9 Å². The van der Waals surface area contributed by atoms with Crippen LogP contribution in [0.2, 0.25) is 0 Å². The molecule has 1 unspecified atom stereocenters. The molecule has 4 aliphatic rings. The number of piperazine rings is 1. The fourth-order valence-electron chi connectivity index (χ4n) is 7.64. The third-order valence-electron chi connectivity index (χ3n) is 10.1. The quantitative estimate of drug-likeness (QED) is 0.433. The second-order valence-corrected chi connectivity index (χ2v) is 12.9. The SMILES string of the molecule is Cc1cc(CC(OC(=O)N2CCC3(CC2)OC(=O)Nc2ccccc23)C(=O)N2CCN(C3CCCCC3)CC2)cc2nn[nH]c12. The lowest BCUT2D eigenvalue weighted by Gasteiger charge is -2.44. The number of piperidine rings is 1. The first kappa shape index (κ1) is 29.5. The average Bonchev–Trinajstić information content (AvgIpc) is 3.54. The molecule has 45 heavy (non-hydrogen) atoms. The van der Waals surface area contributed by atoms with Crippen LogP contribution in [0.1, 0.15) is 61.6 Å². The zero-order valence-corrected chi connectivity index (χ0v) is 25.8. The molecule has 3 aromatic rings. The highest BCUT2D eigenvalue weighted by Gasteiger charge is 2.45. The summed E-state index contributed by atoms with van der Waals surface area (Å²) in [5.41, 5.74) is 4.23. The lowest BCUT2D eigenvalue weighted by atomic mass is 9.82. The van der Waals surface area contributed by atoms with E-state index in [2.05, 4.69) is 25.6 Å². The molecule has 2 N–H and O–H groups in total. The van der Waals surface area contributed by atoms with E-state index >= 15 is 0 Å². The maximum Gasteiger partial charge on any atom is 0.412 e. The number of amides is 3. The number of aryl methyl sites for hydroxylation is 1. The topological polar surface area (TPSA) is 133 Å². The van der Waals surface area contributed by atoms with Crippen molar-refractivity contribution in [1.29, 1.82) is 0 Å². The third-order valence-corrected chi connectivity index (χ3v) is 10.1. The van der Waals surface area contributed by atoms with Gasteiger partial charge in [-0.15, -0.1) is 5.10 Å². The van der Waals surface area contributed by atoms with Gasteiger partial charge in [0, 0.05) is 70.1 Å². The molecule has 1 aliphatic carbocycles. The van der Waals surface area contributed by atoms with Gasteiger partial charge in [0.25, 0.3) is 5.91 Å². The third kappa shape index (κ3) is 5.95. The molecule has 1 atom stereocenters. The van der Waals surface area contributed by atoms with Crippen molar-refractivity contribution < 1.29 is 23.9 Å². The lowest BCUT2D eigenvalue weighted by Crippen LogP contribution is -2.55. The Hall–Kier alpha value is -4.19. The van der Waals surface area contributed by atoms with Crippen LogP contribution >= 0.6 is 0 Å². The predicted octanol–water partition coefficient (Wildman–Crippen LogP) is 4.34. The van der Waals surface area contributed by atoms with Crippen molar-refractivity contribution >= 4 is 34.8 Å². The van der Waals surface area contributed by atoms with Crippen LogP contribution in [0, 0.1) is 6.92 Å². The Kier molecular flexibility index (Phi) is 8.07. The Labute approximate surface area is 262 Å². The van der Waals surface area contributed by atoms with E-state index in [1.54, 1.807) is 4.90 Å². The van der Waals surface area contributed by atoms with Crippen molar-refractivity contribution in [3.05, 3.63) is 53.1 Å². The lowest BCUT2D eigenvalue weighted by molar-refractivity contribution is -0.143. The van der Waals surface area contributed by atoms with Gasteiger partial charge in [-0.2, -0.15) is 0 Å². The number of carbonyl (C=O) groups excluding carboxylic acids is 3. The first-order valence-corrected chi connectivity index (χ1v) is 16.3. The molecule has 4 heterocycles. The van der Waals surface area contributed by atoms with Crippen LogP contribution in [0.25, 0.3) is 11.0 Å². The first-order chi connectivity index (χ1) is 21.9. The number of aromatic nitrogens is 3. The number of H-pyrrole nitrogens is 1. The van der Waals surface area contributed by atoms with Crippen molar-refractivity contribution in [2.75, 3.05) is 44.6 Å². The summed E-state index contributed by atoms with van der Waals surface area (Å²) in [5, 5.41) is 13.8. The van der Waals surface area contributed by atoms with Crippen LogP contribution in [-0.4, -0.2) is 99.6 Å². The van der Waals surface area contributed by atoms with E-state index in [4.69, 9.17) is 9.47 Å². The van der Waals surface area contributed by atoms with E-state index in [-0.39, 0.29) is 12.3 Å². The van der Waals surface area contributed by atoms with Crippen molar-refractivity contribution in [3.63, 3.8) is 0 Å². The number of anilines is 1. The van der Waals surface area contributed by atoms with Gasteiger partial charge in [-0.25, -0.2) is 9.59 Å². The Balaban J connectivity index is 1.05. The molecule has 2 aromatic carbocycles. The second-order valence-electron chi connectivity index (χ2n) is 12.9. The number of para-hydroxylation sites is 1. The van der Waals surface area contributed by atoms with Gasteiger partial charge < -0.3 is 19.3 Å². The first-order valence-electron chi connectivity index (χ1n) is 16.3. The minimum atomic E-state index is -0.976. The molecule has 1 spiro atoms. The predicted molar refractivity (Wildman–Crippen MR) is 167 cm³/mol. The van der Waals surface area contributed by atoms with Crippen LogP contribution in [0.5, 0.6) is 0 Å². The van der Waals surface area contributed by atoms with Crippen LogP contribution in [0.3, 0.4) is 0 Å². The molecular weight excluding hydrogens is 574 g/mol. The van der Waals surface area contributed by atoms with E-state index in [1.807, 2.05) is 48.2 Å². The summed E-state index contributed by atoms with van der Waals surface area (Å²) in [5.74, 6) is -0.167. The standard InChI is InChI=1S/C33H41N7O5/c1-22-19-23(20-27-29(22)36-37-35-27)21-28(30(41)39-17-15-38(16-18-39)24-7-3-2-4-8-24)44-32(43)40-13-11-33(12-14-40)25-9-5-6-10-26(25)34-31(42)45-33/h5-6,9-10,19-20,24,28H,2-4,7-8,11-18,21H2,1H3,(H,34,42)(H,35,36,37). The van der Waals surface area contributed by atoms with Gasteiger partial charge in [0.1, 0.15) is 11.1 Å². The van der Waals surface area contributed by atoms with Gasteiger partial charge in [-0.3, -0.25) is 20.1 Å². The Morgan fingerprint density at radius 3 is 2.56 bits per heavy atom. The molecule has 1 saturated carbocycles. The fraction of sp³-hybridized carbons (Fsp3) is 0.545. The largest absolute Gasteiger partial charge is 0.438 e. The second kappa shape index (κ2) is 12.3. The summed E-state index contributed by atoms with van der Waals surface area (Å²) in [4.78, 5) is 46.0. The van der Waals surface area contributed by atoms with Gasteiger partial charge in [0.05, 0.1) is 11.2 Å². The molecule has 1 aromatic heterocycles. The normalized spacial score (nSPS) is 21.2. The molecule has 3 aliphatic heterocycles. The Bertz CT molecular complexity index is 1570. The van der Waals surface area contributed by atoms with Crippen molar-refractivity contribution in [2.45, 2.75) is 76.0 Å². The maximum atomic E-state index is 14.0. The van der Waals surface area contributed by atoms with E-state index in [0.29, 0.717) is 50.6 Å². The monoisotopic (exact) mass is 615 g/mol. The van der Waals surface area contributed by atoms with E-state index in [0.717, 1.165) is 41.0 Å². The van der Waals surface area contributed by atoms with Crippen LogP contribution in [-0.2, 0) is 26.3 Å². The number of hydrogen-bond donors (Lipinski definition) is 2.